The highest BCUT2D eigenvalue weighted by molar-refractivity contribution is 5.75. The maximum Gasteiger partial charge on any atom is 0.330 e. The first-order chi connectivity index (χ1) is 12.2. The molecule has 0 aliphatic carbocycles. The van der Waals surface area contributed by atoms with E-state index in [1.807, 2.05) is 0 Å². The summed E-state index contributed by atoms with van der Waals surface area (Å²) in [6.07, 6.45) is 0.225. The summed E-state index contributed by atoms with van der Waals surface area (Å²) in [6.45, 7) is 4.91. The van der Waals surface area contributed by atoms with E-state index in [4.69, 9.17) is 19.7 Å². The minimum atomic E-state index is -0.708. The minimum absolute atomic E-state index is 0.00964. The maximum atomic E-state index is 11.9. The van der Waals surface area contributed by atoms with Gasteiger partial charge in [-0.2, -0.15) is 0 Å². The van der Waals surface area contributed by atoms with Gasteiger partial charge in [0.1, 0.15) is 6.23 Å². The van der Waals surface area contributed by atoms with Gasteiger partial charge in [0.25, 0.3) is 5.56 Å². The lowest BCUT2D eigenvalue weighted by molar-refractivity contribution is -0.169. The van der Waals surface area contributed by atoms with Gasteiger partial charge in [0.05, 0.1) is 24.2 Å². The molecule has 1 saturated heterocycles. The third-order valence-corrected chi connectivity index (χ3v) is 3.73. The summed E-state index contributed by atoms with van der Waals surface area (Å²) in [6, 6.07) is 0.630. The third kappa shape index (κ3) is 4.94. The summed E-state index contributed by atoms with van der Waals surface area (Å²) in [5.74, 6) is -0.408. The van der Waals surface area contributed by atoms with E-state index in [2.05, 4.69) is 15.0 Å². The van der Waals surface area contributed by atoms with Gasteiger partial charge in [0, 0.05) is 23.6 Å². The average molecular weight is 367 g/mol. The zero-order chi connectivity index (χ0) is 19.3. The Morgan fingerprint density at radius 1 is 1.50 bits per heavy atom. The quantitative estimate of drug-likeness (QED) is 0.198. The molecule has 2 rings (SSSR count). The highest BCUT2D eigenvalue weighted by Crippen LogP contribution is 2.30. The lowest BCUT2D eigenvalue weighted by Gasteiger charge is -2.18. The largest absolute Gasteiger partial charge is 0.438 e. The van der Waals surface area contributed by atoms with Crippen LogP contribution < -0.4 is 11.2 Å². The van der Waals surface area contributed by atoms with E-state index in [-0.39, 0.29) is 19.8 Å². The van der Waals surface area contributed by atoms with E-state index in [0.717, 1.165) is 0 Å². The molecule has 0 radical (unpaired) electrons. The van der Waals surface area contributed by atoms with Crippen LogP contribution in [0.15, 0.2) is 27.0 Å². The number of hydrogen-bond acceptors (Lipinski definition) is 7. The number of azide groups is 1. The van der Waals surface area contributed by atoms with Crippen LogP contribution in [0.1, 0.15) is 33.4 Å². The van der Waals surface area contributed by atoms with Crippen LogP contribution in [0.4, 0.5) is 0 Å². The van der Waals surface area contributed by atoms with Crippen LogP contribution in [0.25, 0.3) is 10.4 Å². The Kier molecular flexibility index (Phi) is 6.19. The van der Waals surface area contributed by atoms with Crippen molar-refractivity contribution in [2.24, 2.45) is 10.5 Å². The first-order valence-electron chi connectivity index (χ1n) is 7.98. The van der Waals surface area contributed by atoms with E-state index in [1.165, 1.54) is 16.8 Å². The van der Waals surface area contributed by atoms with Crippen molar-refractivity contribution in [3.8, 4) is 0 Å². The smallest absolute Gasteiger partial charge is 0.330 e. The van der Waals surface area contributed by atoms with Crippen LogP contribution in [-0.4, -0.2) is 41.1 Å². The van der Waals surface area contributed by atoms with Crippen LogP contribution in [-0.2, 0) is 19.0 Å². The first kappa shape index (κ1) is 19.7. The Labute approximate surface area is 148 Å². The molecule has 1 aromatic rings. The maximum absolute atomic E-state index is 11.9. The molecule has 1 aliphatic rings. The molecule has 3 atom stereocenters. The molecule has 2 heterocycles. The van der Waals surface area contributed by atoms with Crippen LogP contribution >= 0.6 is 0 Å². The van der Waals surface area contributed by atoms with E-state index < -0.39 is 41.0 Å². The molecule has 26 heavy (non-hydrogen) atoms. The molecule has 1 unspecified atom stereocenters. The predicted octanol–water partition coefficient (Wildman–Crippen LogP) is 1.07. The average Bonchev–Trinajstić information content (AvgIpc) is 2.93. The number of carbonyl (C=O) groups is 1. The zero-order valence-corrected chi connectivity index (χ0v) is 14.7. The summed E-state index contributed by atoms with van der Waals surface area (Å²) in [5, 5.41) is 3.66. The van der Waals surface area contributed by atoms with Gasteiger partial charge >= 0.3 is 11.7 Å². The number of H-pyrrole nitrogens is 1. The number of rotatable bonds is 6. The molecule has 0 bridgehead atoms. The second-order valence-corrected chi connectivity index (χ2v) is 6.82. The first-order valence-corrected chi connectivity index (χ1v) is 7.98. The molecule has 0 aromatic carbocycles. The standard InChI is InChI=1S/C15H21N5O6/c1-15(2,3)13(22)25-8-24-7-10-9(18-19-16)6-12(26-10)20-5-4-11(21)17-14(20)23/h4-5,9-10,12H,6-8H2,1-3H3,(H,17,21,23)/t9?,10-,12-/m0/s1. The number of aromatic nitrogens is 2. The monoisotopic (exact) mass is 367 g/mol. The minimum Gasteiger partial charge on any atom is -0.438 e. The summed E-state index contributed by atoms with van der Waals surface area (Å²) in [5.41, 5.74) is 6.92. The van der Waals surface area contributed by atoms with Gasteiger partial charge < -0.3 is 14.2 Å². The number of esters is 1. The zero-order valence-electron chi connectivity index (χ0n) is 14.7. The Bertz CT molecular complexity index is 804. The van der Waals surface area contributed by atoms with Gasteiger partial charge in [-0.05, 0) is 26.3 Å². The Balaban J connectivity index is 1.97. The van der Waals surface area contributed by atoms with Gasteiger partial charge in [0.2, 0.25) is 0 Å². The Morgan fingerprint density at radius 3 is 2.85 bits per heavy atom. The molecule has 0 amide bonds. The number of carbonyl (C=O) groups excluding carboxylic acids is 1. The molecule has 11 heteroatoms. The van der Waals surface area contributed by atoms with Crippen LogP contribution in [0.2, 0.25) is 0 Å². The molecule has 0 spiro atoms. The van der Waals surface area contributed by atoms with Crippen molar-refractivity contribution in [1.29, 1.82) is 0 Å². The van der Waals surface area contributed by atoms with E-state index in [0.29, 0.717) is 0 Å². The van der Waals surface area contributed by atoms with Crippen molar-refractivity contribution in [3.63, 3.8) is 0 Å². The molecule has 1 fully saturated rings. The molecule has 0 saturated carbocycles. The second kappa shape index (κ2) is 8.17. The van der Waals surface area contributed by atoms with Crippen LogP contribution in [0.3, 0.4) is 0 Å². The van der Waals surface area contributed by atoms with Gasteiger partial charge in [0.15, 0.2) is 6.79 Å². The summed E-state index contributed by atoms with van der Waals surface area (Å²) < 4.78 is 17.2. The van der Waals surface area contributed by atoms with Crippen molar-refractivity contribution in [2.45, 2.75) is 45.6 Å². The number of hydrogen-bond donors (Lipinski definition) is 1. The predicted molar refractivity (Wildman–Crippen MR) is 89.1 cm³/mol. The van der Waals surface area contributed by atoms with Crippen molar-refractivity contribution in [2.75, 3.05) is 13.4 Å². The van der Waals surface area contributed by atoms with Gasteiger partial charge in [-0.1, -0.05) is 5.11 Å². The highest BCUT2D eigenvalue weighted by atomic mass is 16.7. The Morgan fingerprint density at radius 2 is 2.23 bits per heavy atom. The van der Waals surface area contributed by atoms with Gasteiger partial charge in [-0.15, -0.1) is 0 Å². The van der Waals surface area contributed by atoms with Crippen LogP contribution in [0, 0.1) is 5.41 Å². The molecule has 142 valence electrons. The lowest BCUT2D eigenvalue weighted by atomic mass is 9.98. The fourth-order valence-corrected chi connectivity index (χ4v) is 2.35. The van der Waals surface area contributed by atoms with E-state index in [9.17, 15) is 14.4 Å². The number of aromatic amines is 1. The molecule has 1 N–H and O–H groups in total. The molecular weight excluding hydrogens is 346 g/mol. The van der Waals surface area contributed by atoms with Crippen molar-refractivity contribution in [3.05, 3.63) is 43.5 Å². The van der Waals surface area contributed by atoms with Gasteiger partial charge in [-0.3, -0.25) is 19.1 Å². The number of nitrogens with one attached hydrogen (secondary N) is 1. The van der Waals surface area contributed by atoms with Crippen molar-refractivity contribution >= 4 is 5.97 Å². The molecule has 11 nitrogen and oxygen atoms in total. The summed E-state index contributed by atoms with van der Waals surface area (Å²) in [7, 11) is 0. The summed E-state index contributed by atoms with van der Waals surface area (Å²) in [4.78, 5) is 39.6. The lowest BCUT2D eigenvalue weighted by Crippen LogP contribution is -2.32. The molecular formula is C15H21N5O6. The highest BCUT2D eigenvalue weighted by Gasteiger charge is 2.36. The number of nitrogens with zero attached hydrogens (tertiary/aromatic N) is 4. The normalized spacial score (nSPS) is 22.7. The molecule has 1 aromatic heterocycles. The fraction of sp³-hybridized carbons (Fsp3) is 0.667. The fourth-order valence-electron chi connectivity index (χ4n) is 2.35. The Hall–Kier alpha value is -2.62. The third-order valence-electron chi connectivity index (χ3n) is 3.73. The van der Waals surface area contributed by atoms with E-state index in [1.54, 1.807) is 20.8 Å². The van der Waals surface area contributed by atoms with Gasteiger partial charge in [-0.25, -0.2) is 4.79 Å². The number of ether oxygens (including phenoxy) is 3. The van der Waals surface area contributed by atoms with E-state index >= 15 is 0 Å². The second-order valence-electron chi connectivity index (χ2n) is 6.82. The van der Waals surface area contributed by atoms with Crippen molar-refractivity contribution < 1.29 is 19.0 Å². The summed E-state index contributed by atoms with van der Waals surface area (Å²) >= 11 is 0. The SMILES string of the molecule is CC(C)(C)C(=O)OCOC[C@@H]1O[C@H](n2ccc(=O)[nH]c2=O)CC1N=[N+]=[N-]. The van der Waals surface area contributed by atoms with Crippen molar-refractivity contribution in [1.82, 2.24) is 9.55 Å². The topological polar surface area (TPSA) is 148 Å². The van der Waals surface area contributed by atoms with Crippen LogP contribution in [0.5, 0.6) is 0 Å². The molecule has 1 aliphatic heterocycles.